The van der Waals surface area contributed by atoms with Crippen LogP contribution in [0, 0.1) is 0 Å². The summed E-state index contributed by atoms with van der Waals surface area (Å²) in [6.45, 7) is 1.06. The van der Waals surface area contributed by atoms with Crippen molar-refractivity contribution in [3.8, 4) is 17.0 Å². The number of benzene rings is 1. The Kier molecular flexibility index (Phi) is 2.92. The molecule has 0 unspecified atom stereocenters. The number of aryl methyl sites for hydroxylation is 1. The molecule has 0 saturated carbocycles. The molecule has 3 heteroatoms. The fourth-order valence-electron chi connectivity index (χ4n) is 3.45. The zero-order valence-electron chi connectivity index (χ0n) is 11.9. The molecular weight excluding hydrogens is 260 g/mol. The summed E-state index contributed by atoms with van der Waals surface area (Å²) in [6.07, 6.45) is 6.65. The van der Waals surface area contributed by atoms with Crippen LogP contribution in [-0.4, -0.2) is 14.7 Å². The number of aromatic hydroxyl groups is 1. The molecule has 1 aromatic carbocycles. The van der Waals surface area contributed by atoms with Crippen molar-refractivity contribution in [2.45, 2.75) is 32.2 Å². The highest BCUT2D eigenvalue weighted by molar-refractivity contribution is 5.98. The largest absolute Gasteiger partial charge is 0.508 e. The zero-order valence-corrected chi connectivity index (χ0v) is 11.9. The number of hydrogen-bond acceptors (Lipinski definition) is 2. The maximum atomic E-state index is 9.89. The van der Waals surface area contributed by atoms with E-state index in [0.717, 1.165) is 24.0 Å². The first kappa shape index (κ1) is 12.5. The standard InChI is InChI=1S/C18H18N2O/c21-13-8-9-16-14(12-13)18(15-6-3-4-10-19-15)17-7-2-1-5-11-20(16)17/h3-4,6,8-10,12,21H,1-2,5,7,11H2. The predicted octanol–water partition coefficient (Wildman–Crippen LogP) is 4.14. The van der Waals surface area contributed by atoms with Gasteiger partial charge in [0.05, 0.1) is 5.69 Å². The lowest BCUT2D eigenvalue weighted by molar-refractivity contribution is 0.476. The maximum absolute atomic E-state index is 9.89. The molecule has 1 aliphatic rings. The molecular formula is C18H18N2O. The van der Waals surface area contributed by atoms with Gasteiger partial charge in [0.1, 0.15) is 5.75 Å². The van der Waals surface area contributed by atoms with Gasteiger partial charge in [-0.2, -0.15) is 0 Å². The molecule has 1 N–H and O–H groups in total. The molecule has 0 bridgehead atoms. The number of pyridine rings is 1. The fraction of sp³-hybridized carbons (Fsp3) is 0.278. The van der Waals surface area contributed by atoms with Crippen molar-refractivity contribution in [1.29, 1.82) is 0 Å². The number of rotatable bonds is 1. The van der Waals surface area contributed by atoms with Crippen molar-refractivity contribution in [3.05, 3.63) is 48.3 Å². The van der Waals surface area contributed by atoms with Crippen LogP contribution in [0.1, 0.15) is 25.0 Å². The van der Waals surface area contributed by atoms with Crippen molar-refractivity contribution >= 4 is 10.9 Å². The number of hydrogen-bond donors (Lipinski definition) is 1. The third-order valence-corrected chi connectivity index (χ3v) is 4.37. The van der Waals surface area contributed by atoms with Crippen LogP contribution in [0.2, 0.25) is 0 Å². The summed E-state index contributed by atoms with van der Waals surface area (Å²) in [5, 5.41) is 11.0. The van der Waals surface area contributed by atoms with Crippen LogP contribution in [0.3, 0.4) is 0 Å². The Balaban J connectivity index is 2.07. The van der Waals surface area contributed by atoms with Crippen LogP contribution in [-0.2, 0) is 13.0 Å². The van der Waals surface area contributed by atoms with Crippen LogP contribution < -0.4 is 0 Å². The van der Waals surface area contributed by atoms with Crippen LogP contribution in [0.4, 0.5) is 0 Å². The summed E-state index contributed by atoms with van der Waals surface area (Å²) in [7, 11) is 0. The molecule has 0 amide bonds. The van der Waals surface area contributed by atoms with Gasteiger partial charge >= 0.3 is 0 Å². The number of fused-ring (bicyclic) bond motifs is 3. The van der Waals surface area contributed by atoms with E-state index in [4.69, 9.17) is 0 Å². The van der Waals surface area contributed by atoms with Gasteiger partial charge in [-0.3, -0.25) is 4.98 Å². The van der Waals surface area contributed by atoms with E-state index in [-0.39, 0.29) is 0 Å². The molecule has 0 spiro atoms. The highest BCUT2D eigenvalue weighted by Gasteiger charge is 2.20. The van der Waals surface area contributed by atoms with E-state index in [9.17, 15) is 5.11 Å². The maximum Gasteiger partial charge on any atom is 0.116 e. The van der Waals surface area contributed by atoms with Crippen molar-refractivity contribution in [2.24, 2.45) is 0 Å². The first-order valence-electron chi connectivity index (χ1n) is 7.60. The lowest BCUT2D eigenvalue weighted by Crippen LogP contribution is -2.00. The quantitative estimate of drug-likeness (QED) is 0.726. The van der Waals surface area contributed by atoms with E-state index in [1.54, 1.807) is 6.07 Å². The van der Waals surface area contributed by atoms with Crippen LogP contribution in [0.5, 0.6) is 5.75 Å². The summed E-state index contributed by atoms with van der Waals surface area (Å²) < 4.78 is 2.42. The van der Waals surface area contributed by atoms with Crippen molar-refractivity contribution in [3.63, 3.8) is 0 Å². The summed E-state index contributed by atoms with van der Waals surface area (Å²) in [5.74, 6) is 0.320. The Morgan fingerprint density at radius 3 is 2.86 bits per heavy atom. The third-order valence-electron chi connectivity index (χ3n) is 4.37. The summed E-state index contributed by atoms with van der Waals surface area (Å²) in [4.78, 5) is 4.54. The Labute approximate surface area is 123 Å². The number of aromatic nitrogens is 2. The average Bonchev–Trinajstić information content (AvgIpc) is 2.65. The molecule has 1 aliphatic heterocycles. The highest BCUT2D eigenvalue weighted by Crippen LogP contribution is 2.37. The van der Waals surface area contributed by atoms with Crippen LogP contribution in [0.15, 0.2) is 42.6 Å². The molecule has 0 saturated heterocycles. The minimum Gasteiger partial charge on any atom is -0.508 e. The van der Waals surface area contributed by atoms with E-state index in [2.05, 4.69) is 15.6 Å². The molecule has 0 aliphatic carbocycles. The first-order valence-corrected chi connectivity index (χ1v) is 7.60. The first-order chi connectivity index (χ1) is 10.3. The Morgan fingerprint density at radius 1 is 1.05 bits per heavy atom. The Morgan fingerprint density at radius 2 is 2.00 bits per heavy atom. The van der Waals surface area contributed by atoms with E-state index in [1.807, 2.05) is 30.5 Å². The second kappa shape index (κ2) is 4.92. The molecule has 21 heavy (non-hydrogen) atoms. The fourth-order valence-corrected chi connectivity index (χ4v) is 3.45. The third kappa shape index (κ3) is 2.00. The molecule has 106 valence electrons. The second-order valence-electron chi connectivity index (χ2n) is 5.70. The highest BCUT2D eigenvalue weighted by atomic mass is 16.3. The van der Waals surface area contributed by atoms with Gasteiger partial charge in [0, 0.05) is 34.9 Å². The van der Waals surface area contributed by atoms with E-state index in [1.165, 1.54) is 36.0 Å². The van der Waals surface area contributed by atoms with Crippen molar-refractivity contribution in [2.75, 3.05) is 0 Å². The SMILES string of the molecule is Oc1ccc2c(c1)c(-c1ccccn1)c1n2CCCCC1. The smallest absolute Gasteiger partial charge is 0.116 e. The van der Waals surface area contributed by atoms with Gasteiger partial charge in [-0.1, -0.05) is 12.5 Å². The number of phenolic OH excluding ortho intramolecular Hbond substituents is 1. The summed E-state index contributed by atoms with van der Waals surface area (Å²) in [5.41, 5.74) is 4.78. The molecule has 3 heterocycles. The number of phenols is 1. The Bertz CT molecular complexity index is 790. The lowest BCUT2D eigenvalue weighted by atomic mass is 10.0. The molecule has 3 nitrogen and oxygen atoms in total. The molecule has 0 fully saturated rings. The van der Waals surface area contributed by atoms with E-state index in [0.29, 0.717) is 5.75 Å². The van der Waals surface area contributed by atoms with E-state index >= 15 is 0 Å². The van der Waals surface area contributed by atoms with Gasteiger partial charge in [0.15, 0.2) is 0 Å². The molecule has 4 rings (SSSR count). The van der Waals surface area contributed by atoms with Crippen molar-refractivity contribution in [1.82, 2.24) is 9.55 Å². The zero-order chi connectivity index (χ0) is 14.2. The summed E-state index contributed by atoms with van der Waals surface area (Å²) in [6, 6.07) is 11.7. The minimum absolute atomic E-state index is 0.320. The van der Waals surface area contributed by atoms with Gasteiger partial charge in [-0.15, -0.1) is 0 Å². The average molecular weight is 278 g/mol. The minimum atomic E-state index is 0.320. The van der Waals surface area contributed by atoms with Crippen LogP contribution >= 0.6 is 0 Å². The van der Waals surface area contributed by atoms with Gasteiger partial charge in [-0.05, 0) is 49.6 Å². The Hall–Kier alpha value is -2.29. The van der Waals surface area contributed by atoms with Gasteiger partial charge in [-0.25, -0.2) is 0 Å². The monoisotopic (exact) mass is 278 g/mol. The van der Waals surface area contributed by atoms with Crippen LogP contribution in [0.25, 0.3) is 22.2 Å². The topological polar surface area (TPSA) is 38.1 Å². The van der Waals surface area contributed by atoms with Gasteiger partial charge in [0.25, 0.3) is 0 Å². The van der Waals surface area contributed by atoms with Crippen molar-refractivity contribution < 1.29 is 5.11 Å². The van der Waals surface area contributed by atoms with Gasteiger partial charge in [0.2, 0.25) is 0 Å². The normalized spacial score (nSPS) is 14.9. The number of nitrogens with zero attached hydrogens (tertiary/aromatic N) is 2. The molecule has 2 aromatic heterocycles. The predicted molar refractivity (Wildman–Crippen MR) is 84.4 cm³/mol. The molecule has 3 aromatic rings. The van der Waals surface area contributed by atoms with Gasteiger partial charge < -0.3 is 9.67 Å². The molecule has 0 atom stereocenters. The second-order valence-corrected chi connectivity index (χ2v) is 5.70. The van der Waals surface area contributed by atoms with E-state index < -0.39 is 0 Å². The summed E-state index contributed by atoms with van der Waals surface area (Å²) >= 11 is 0. The lowest BCUT2D eigenvalue weighted by Gasteiger charge is -2.07. The molecule has 0 radical (unpaired) electrons.